The summed E-state index contributed by atoms with van der Waals surface area (Å²) in [4.78, 5) is 11.7. The van der Waals surface area contributed by atoms with Gasteiger partial charge >= 0.3 is 18.4 Å². The van der Waals surface area contributed by atoms with Gasteiger partial charge in [0, 0.05) is 11.4 Å². The van der Waals surface area contributed by atoms with E-state index in [0.717, 1.165) is 24.3 Å². The number of hydrogen-bond acceptors (Lipinski definition) is 1. The van der Waals surface area contributed by atoms with Crippen molar-refractivity contribution in [2.45, 2.75) is 12.4 Å². The second-order valence-corrected chi connectivity index (χ2v) is 4.74. The fourth-order valence-corrected chi connectivity index (χ4v) is 1.84. The molecule has 0 saturated carbocycles. The Balaban J connectivity index is 2.09. The minimum absolute atomic E-state index is 0.144. The number of carbonyl (C=O) groups excluding carboxylic acids is 1. The highest BCUT2D eigenvalue weighted by Gasteiger charge is 2.31. The van der Waals surface area contributed by atoms with Gasteiger partial charge in [0.2, 0.25) is 0 Å². The zero-order valence-corrected chi connectivity index (χ0v) is 11.8. The van der Waals surface area contributed by atoms with E-state index in [4.69, 9.17) is 0 Å². The molecule has 0 bridgehead atoms. The Morgan fingerprint density at radius 3 is 1.42 bits per heavy atom. The monoisotopic (exact) mass is 348 g/mol. The molecule has 0 atom stereocenters. The van der Waals surface area contributed by atoms with Crippen LogP contribution >= 0.6 is 0 Å². The van der Waals surface area contributed by atoms with Crippen molar-refractivity contribution in [3.8, 4) is 0 Å². The van der Waals surface area contributed by atoms with Gasteiger partial charge in [-0.3, -0.25) is 0 Å². The lowest BCUT2D eigenvalue weighted by Gasteiger charge is -2.12. The van der Waals surface area contributed by atoms with Crippen molar-refractivity contribution >= 4 is 17.4 Å². The predicted octanol–water partition coefficient (Wildman–Crippen LogP) is 5.37. The lowest BCUT2D eigenvalue weighted by atomic mass is 10.2. The van der Waals surface area contributed by atoms with E-state index in [1.165, 1.54) is 12.1 Å². The zero-order chi connectivity index (χ0) is 18.0. The van der Waals surface area contributed by atoms with Crippen molar-refractivity contribution in [1.29, 1.82) is 0 Å². The van der Waals surface area contributed by atoms with Gasteiger partial charge in [-0.15, -0.1) is 0 Å². The van der Waals surface area contributed by atoms with Gasteiger partial charge in [0.1, 0.15) is 0 Å². The van der Waals surface area contributed by atoms with Gasteiger partial charge in [0.05, 0.1) is 11.1 Å². The Kier molecular flexibility index (Phi) is 4.72. The fraction of sp³-hybridized carbons (Fsp3) is 0.133. The van der Waals surface area contributed by atoms with Crippen LogP contribution in [0.2, 0.25) is 0 Å². The molecule has 0 aromatic heterocycles. The molecule has 0 spiro atoms. The summed E-state index contributed by atoms with van der Waals surface area (Å²) in [6, 6.07) is 6.77. The van der Waals surface area contributed by atoms with Crippen molar-refractivity contribution in [2.75, 3.05) is 10.6 Å². The summed E-state index contributed by atoms with van der Waals surface area (Å²) < 4.78 is 75.4. The number of amides is 2. The van der Waals surface area contributed by atoms with Crippen LogP contribution in [-0.4, -0.2) is 6.03 Å². The highest BCUT2D eigenvalue weighted by atomic mass is 19.4. The van der Waals surface area contributed by atoms with E-state index < -0.39 is 29.5 Å². The molecule has 0 aliphatic carbocycles. The summed E-state index contributed by atoms with van der Waals surface area (Å²) in [5, 5.41) is 4.26. The van der Waals surface area contributed by atoms with Crippen LogP contribution in [0.1, 0.15) is 11.1 Å². The number of nitrogens with one attached hydrogen (secondary N) is 2. The number of anilines is 2. The van der Waals surface area contributed by atoms with E-state index >= 15 is 0 Å². The first kappa shape index (κ1) is 17.6. The molecule has 2 rings (SSSR count). The smallest absolute Gasteiger partial charge is 0.308 e. The van der Waals surface area contributed by atoms with Crippen LogP contribution < -0.4 is 10.6 Å². The average molecular weight is 348 g/mol. The summed E-state index contributed by atoms with van der Waals surface area (Å²) in [5.41, 5.74) is -2.21. The topological polar surface area (TPSA) is 41.1 Å². The molecule has 0 saturated heterocycles. The molecule has 24 heavy (non-hydrogen) atoms. The van der Waals surface area contributed by atoms with Gasteiger partial charge in [-0.05, 0) is 36.4 Å². The summed E-state index contributed by atoms with van der Waals surface area (Å²) in [6.07, 6.45) is -9.15. The normalized spacial score (nSPS) is 11.9. The fourth-order valence-electron chi connectivity index (χ4n) is 1.84. The number of halogens is 6. The molecule has 0 aliphatic rings. The highest BCUT2D eigenvalue weighted by Crippen LogP contribution is 2.31. The van der Waals surface area contributed by atoms with Crippen molar-refractivity contribution in [3.05, 3.63) is 59.7 Å². The van der Waals surface area contributed by atoms with Gasteiger partial charge in [-0.2, -0.15) is 26.3 Å². The molecular formula is C15H10F6N2O. The number of rotatable bonds is 2. The Morgan fingerprint density at radius 1 is 0.708 bits per heavy atom. The third kappa shape index (κ3) is 4.64. The predicted molar refractivity (Wildman–Crippen MR) is 75.5 cm³/mol. The average Bonchev–Trinajstić information content (AvgIpc) is 2.46. The summed E-state index contributed by atoms with van der Waals surface area (Å²) >= 11 is 0. The van der Waals surface area contributed by atoms with Gasteiger partial charge in [0.15, 0.2) is 0 Å². The first-order valence-corrected chi connectivity index (χ1v) is 6.48. The number of urea groups is 1. The molecule has 0 unspecified atom stereocenters. The van der Waals surface area contributed by atoms with E-state index in [0.29, 0.717) is 12.1 Å². The molecule has 0 fully saturated rings. The second-order valence-electron chi connectivity index (χ2n) is 4.74. The molecule has 0 aliphatic heterocycles. The Hall–Kier alpha value is -2.71. The van der Waals surface area contributed by atoms with Crippen molar-refractivity contribution in [2.24, 2.45) is 0 Å². The van der Waals surface area contributed by atoms with E-state index in [-0.39, 0.29) is 11.4 Å². The van der Waals surface area contributed by atoms with E-state index in [1.807, 2.05) is 0 Å². The van der Waals surface area contributed by atoms with E-state index in [2.05, 4.69) is 10.6 Å². The maximum absolute atomic E-state index is 12.6. The van der Waals surface area contributed by atoms with Gasteiger partial charge in [0.25, 0.3) is 0 Å². The highest BCUT2D eigenvalue weighted by molar-refractivity contribution is 5.99. The quantitative estimate of drug-likeness (QED) is 0.704. The molecular weight excluding hydrogens is 338 g/mol. The van der Waals surface area contributed by atoms with Crippen molar-refractivity contribution in [1.82, 2.24) is 0 Å². The third-order valence-electron chi connectivity index (χ3n) is 2.90. The number of carbonyl (C=O) groups is 1. The summed E-state index contributed by atoms with van der Waals surface area (Å²) in [7, 11) is 0. The SMILES string of the molecule is O=C(Nc1cccc(C(F)(F)F)c1)Nc1cccc(C(F)(F)F)c1. The molecule has 9 heteroatoms. The Labute approximate surface area is 132 Å². The van der Waals surface area contributed by atoms with Crippen LogP contribution in [0.4, 0.5) is 42.5 Å². The van der Waals surface area contributed by atoms with Gasteiger partial charge in [-0.1, -0.05) is 12.1 Å². The van der Waals surface area contributed by atoms with E-state index in [1.54, 1.807) is 0 Å². The Morgan fingerprint density at radius 2 is 1.08 bits per heavy atom. The molecule has 2 N–H and O–H groups in total. The van der Waals surface area contributed by atoms with Crippen LogP contribution in [0.5, 0.6) is 0 Å². The molecule has 2 aromatic carbocycles. The van der Waals surface area contributed by atoms with Crippen LogP contribution in [0.3, 0.4) is 0 Å². The Bertz CT molecular complexity index is 678. The van der Waals surface area contributed by atoms with E-state index in [9.17, 15) is 31.1 Å². The number of alkyl halides is 6. The first-order chi connectivity index (χ1) is 11.1. The zero-order valence-electron chi connectivity index (χ0n) is 11.8. The van der Waals surface area contributed by atoms with Crippen LogP contribution in [0, 0.1) is 0 Å². The van der Waals surface area contributed by atoms with Crippen LogP contribution in [0.25, 0.3) is 0 Å². The van der Waals surface area contributed by atoms with Crippen LogP contribution in [-0.2, 0) is 12.4 Å². The molecule has 2 amide bonds. The van der Waals surface area contributed by atoms with Crippen LogP contribution in [0.15, 0.2) is 48.5 Å². The summed E-state index contributed by atoms with van der Waals surface area (Å²) in [5.74, 6) is 0. The third-order valence-corrected chi connectivity index (χ3v) is 2.90. The van der Waals surface area contributed by atoms with Gasteiger partial charge in [-0.25, -0.2) is 4.79 Å². The van der Waals surface area contributed by atoms with Crippen molar-refractivity contribution < 1.29 is 31.1 Å². The standard InChI is InChI=1S/C15H10F6N2O/c16-14(17,18)9-3-1-5-11(7-9)22-13(24)23-12-6-2-4-10(8-12)15(19,20)21/h1-8H,(H2,22,23,24). The first-order valence-electron chi connectivity index (χ1n) is 6.48. The number of benzene rings is 2. The molecule has 128 valence electrons. The van der Waals surface area contributed by atoms with Crippen molar-refractivity contribution in [3.63, 3.8) is 0 Å². The molecule has 2 aromatic rings. The lowest BCUT2D eigenvalue weighted by molar-refractivity contribution is -0.138. The second kappa shape index (κ2) is 6.42. The molecule has 0 heterocycles. The maximum atomic E-state index is 12.6. The summed E-state index contributed by atoms with van der Waals surface area (Å²) in [6.45, 7) is 0. The number of hydrogen-bond donors (Lipinski definition) is 2. The minimum atomic E-state index is -4.57. The maximum Gasteiger partial charge on any atom is 0.416 e. The minimum Gasteiger partial charge on any atom is -0.308 e. The lowest BCUT2D eigenvalue weighted by Crippen LogP contribution is -2.20. The molecule has 3 nitrogen and oxygen atoms in total. The molecule has 0 radical (unpaired) electrons. The van der Waals surface area contributed by atoms with Gasteiger partial charge < -0.3 is 10.6 Å². The largest absolute Gasteiger partial charge is 0.416 e.